The van der Waals surface area contributed by atoms with Crippen LogP contribution in [0, 0.1) is 0 Å². The summed E-state index contributed by atoms with van der Waals surface area (Å²) in [5, 5.41) is 0. The van der Waals surface area contributed by atoms with Crippen molar-refractivity contribution in [3.05, 3.63) is 115 Å². The van der Waals surface area contributed by atoms with Crippen molar-refractivity contribution in [2.24, 2.45) is 0 Å². The minimum atomic E-state index is -4.03. The Bertz CT molecular complexity index is 2130. The molecule has 4 aromatic carbocycles. The monoisotopic (exact) mass is 1020 g/mol. The zero-order valence-electron chi connectivity index (χ0n) is 49.6. The molecule has 386 valence electrons. The molecule has 0 aliphatic carbocycles. The summed E-state index contributed by atoms with van der Waals surface area (Å²) in [5.74, 6) is 3.65. The second-order valence-electron chi connectivity index (χ2n) is 29.1. The minimum absolute atomic E-state index is 0.285. The Morgan fingerprint density at radius 1 is 0.300 bits per heavy atom. The second kappa shape index (κ2) is 18.4. The van der Waals surface area contributed by atoms with Crippen molar-refractivity contribution in [2.75, 3.05) is 28.4 Å². The van der Waals surface area contributed by atoms with Gasteiger partial charge in [0.2, 0.25) is 0 Å². The van der Waals surface area contributed by atoms with Crippen molar-refractivity contribution in [1.29, 1.82) is 0 Å². The molecule has 0 unspecified atom stereocenters. The number of rotatable bonds is 8. The SMILES string of the molecule is COc1c(C(C)(C)C)cc([C]2(c3cc(C(C)(C)C)c(OC)c(C(C)(C)C)c3)CC[C](c3cc(C(C)(C)C)c(OC)c(C(C)(C)C)c3)(c3cc(C(C)(C)C)c(OC)c(C(C)(C)C)c3)[Ge]2=[O])cc1C(C)(C)C. The van der Waals surface area contributed by atoms with Gasteiger partial charge in [-0.15, -0.1) is 0 Å². The molecule has 1 saturated heterocycles. The first-order valence-electron chi connectivity index (χ1n) is 26.0. The number of methoxy groups -OCH3 is 4. The van der Waals surface area contributed by atoms with Gasteiger partial charge < -0.3 is 0 Å². The summed E-state index contributed by atoms with van der Waals surface area (Å²) in [6, 6.07) is 19.2. The fourth-order valence-corrected chi connectivity index (χ4v) is 17.7. The van der Waals surface area contributed by atoms with Crippen molar-refractivity contribution in [3.8, 4) is 23.0 Å². The van der Waals surface area contributed by atoms with Crippen LogP contribution in [0.4, 0.5) is 0 Å². The molecule has 0 bridgehead atoms. The summed E-state index contributed by atoms with van der Waals surface area (Å²) >= 11 is -4.03. The summed E-state index contributed by atoms with van der Waals surface area (Å²) in [7, 11) is 7.24. The average molecular weight is 1020 g/mol. The van der Waals surface area contributed by atoms with Crippen LogP contribution < -0.4 is 18.9 Å². The maximum atomic E-state index is 18.4. The van der Waals surface area contributed by atoms with Gasteiger partial charge in [0.05, 0.1) is 0 Å². The predicted molar refractivity (Wildman–Crippen MR) is 299 cm³/mol. The van der Waals surface area contributed by atoms with Gasteiger partial charge in [0.25, 0.3) is 0 Å². The van der Waals surface area contributed by atoms with Crippen molar-refractivity contribution in [3.63, 3.8) is 0 Å². The van der Waals surface area contributed by atoms with Crippen LogP contribution >= 0.6 is 0 Å². The molecule has 0 atom stereocenters. The van der Waals surface area contributed by atoms with E-state index in [4.69, 9.17) is 18.9 Å². The average Bonchev–Trinajstić information content (AvgIpc) is 3.52. The van der Waals surface area contributed by atoms with E-state index in [-0.39, 0.29) is 43.3 Å². The Morgan fingerprint density at radius 3 is 0.529 bits per heavy atom. The van der Waals surface area contributed by atoms with Crippen molar-refractivity contribution < 1.29 is 22.7 Å². The normalized spacial score (nSPS) is 16.1. The van der Waals surface area contributed by atoms with E-state index in [1.807, 2.05) is 28.4 Å². The third-order valence-corrected chi connectivity index (χ3v) is 22.0. The van der Waals surface area contributed by atoms with Crippen molar-refractivity contribution in [2.45, 2.75) is 231 Å². The third-order valence-electron chi connectivity index (χ3n) is 15.3. The number of benzene rings is 4. The molecule has 0 spiro atoms. The van der Waals surface area contributed by atoms with Gasteiger partial charge in [-0.3, -0.25) is 0 Å². The van der Waals surface area contributed by atoms with Gasteiger partial charge in [-0.25, -0.2) is 0 Å². The zero-order chi connectivity index (χ0) is 53.7. The molecule has 6 heteroatoms. The molecular weight excluding hydrogens is 921 g/mol. The fraction of sp³-hybridized carbons (Fsp3) is 0.625. The predicted octanol–water partition coefficient (Wildman–Crippen LogP) is 16.7. The van der Waals surface area contributed by atoms with Gasteiger partial charge in [-0.2, -0.15) is 0 Å². The van der Waals surface area contributed by atoms with Crippen LogP contribution in [-0.2, 0) is 55.6 Å². The van der Waals surface area contributed by atoms with Gasteiger partial charge in [-0.1, -0.05) is 0 Å². The first-order valence-corrected chi connectivity index (χ1v) is 28.9. The molecule has 0 saturated carbocycles. The molecule has 0 radical (unpaired) electrons. The van der Waals surface area contributed by atoms with E-state index in [2.05, 4.69) is 215 Å². The quantitative estimate of drug-likeness (QED) is 0.165. The molecule has 0 aromatic heterocycles. The van der Waals surface area contributed by atoms with Crippen LogP contribution in [-0.4, -0.2) is 42.7 Å². The van der Waals surface area contributed by atoms with Gasteiger partial charge in [-0.05, 0) is 0 Å². The zero-order valence-corrected chi connectivity index (χ0v) is 51.7. The maximum absolute atomic E-state index is 18.4. The van der Waals surface area contributed by atoms with E-state index in [9.17, 15) is 0 Å². The molecule has 0 amide bonds. The van der Waals surface area contributed by atoms with Gasteiger partial charge in [0, 0.05) is 0 Å². The van der Waals surface area contributed by atoms with Gasteiger partial charge >= 0.3 is 435 Å². The Kier molecular flexibility index (Phi) is 15.1. The molecule has 70 heavy (non-hydrogen) atoms. The van der Waals surface area contributed by atoms with Crippen LogP contribution in [0.15, 0.2) is 48.5 Å². The molecule has 0 N–H and O–H groups in total. The Hall–Kier alpha value is -3.58. The molecule has 1 fully saturated rings. The number of hydrogen-bond donors (Lipinski definition) is 0. The topological polar surface area (TPSA) is 54.0 Å². The first kappa shape index (κ1) is 57.3. The van der Waals surface area contributed by atoms with E-state index in [0.29, 0.717) is 12.8 Å². The molecule has 1 heterocycles. The second-order valence-corrected chi connectivity index (χ2v) is 34.0. The summed E-state index contributed by atoms with van der Waals surface area (Å²) in [4.78, 5) is 0. The van der Waals surface area contributed by atoms with Crippen LogP contribution in [0.3, 0.4) is 0 Å². The van der Waals surface area contributed by atoms with E-state index >= 15 is 3.78 Å². The van der Waals surface area contributed by atoms with Crippen LogP contribution in [0.1, 0.15) is 246 Å². The summed E-state index contributed by atoms with van der Waals surface area (Å²) < 4.78 is 42.5. The van der Waals surface area contributed by atoms with Crippen LogP contribution in [0.25, 0.3) is 0 Å². The Labute approximate surface area is 432 Å². The van der Waals surface area contributed by atoms with Crippen LogP contribution in [0.5, 0.6) is 23.0 Å². The third kappa shape index (κ3) is 10.2. The van der Waals surface area contributed by atoms with Gasteiger partial charge in [0.1, 0.15) is 0 Å². The van der Waals surface area contributed by atoms with E-state index in [1.165, 1.54) is 0 Å². The Morgan fingerprint density at radius 2 is 0.429 bits per heavy atom. The summed E-state index contributed by atoms with van der Waals surface area (Å²) in [6.07, 6.45) is 1.35. The molecule has 1 aliphatic rings. The Balaban J connectivity index is 2.26. The van der Waals surface area contributed by atoms with Gasteiger partial charge in [0.15, 0.2) is 0 Å². The van der Waals surface area contributed by atoms with Crippen molar-refractivity contribution in [1.82, 2.24) is 0 Å². The molecule has 5 rings (SSSR count). The standard InChI is InChI=1S/C64H96GeO5/c1-55(2,3)43-31-39(32-44(51(43)67-25)56(4,5)6)63(40-33-45(57(7,8)9)52(68-26)46(34-40)58(10,11)12)29-30-64(65(63)66,41-35-47(59(13,14)15)53(69-27)48(36-41)60(16,17)18)42-37-49(61(19,20)21)54(70-28)50(38-42)62(22,23)24/h31-38H,29-30H2,1-28H3. The van der Waals surface area contributed by atoms with E-state index in [1.54, 1.807) is 0 Å². The number of ether oxygens (including phenoxy) is 4. The molecule has 1 aliphatic heterocycles. The van der Waals surface area contributed by atoms with E-state index in [0.717, 1.165) is 89.8 Å². The molecule has 4 aromatic rings. The number of hydrogen-bond acceptors (Lipinski definition) is 5. The summed E-state index contributed by atoms with van der Waals surface area (Å²) in [5.41, 5.74) is 11.2. The first-order chi connectivity index (χ1) is 31.5. The molecule has 5 nitrogen and oxygen atoms in total. The summed E-state index contributed by atoms with van der Waals surface area (Å²) in [6.45, 7) is 54.7. The van der Waals surface area contributed by atoms with E-state index < -0.39 is 22.8 Å². The van der Waals surface area contributed by atoms with Crippen molar-refractivity contribution >= 4 is 14.3 Å². The molecular formula is C64H96GeO5. The van der Waals surface area contributed by atoms with Crippen LogP contribution in [0.2, 0.25) is 0 Å². The fourth-order valence-electron chi connectivity index (χ4n) is 11.2.